The molecule has 2 aliphatic rings. The molecule has 0 radical (unpaired) electrons. The lowest BCUT2D eigenvalue weighted by Crippen LogP contribution is -2.46. The Morgan fingerprint density at radius 2 is 2.11 bits per heavy atom. The van der Waals surface area contributed by atoms with Crippen LogP contribution in [0.5, 0.6) is 5.75 Å². The van der Waals surface area contributed by atoms with Crippen LogP contribution in [0.1, 0.15) is 60.6 Å². The molecule has 5 rings (SSSR count). The van der Waals surface area contributed by atoms with Crippen LogP contribution in [0.3, 0.4) is 0 Å². The van der Waals surface area contributed by atoms with Gasteiger partial charge >= 0.3 is 0 Å². The fourth-order valence-corrected chi connectivity index (χ4v) is 4.30. The highest BCUT2D eigenvalue weighted by atomic mass is 16.5. The van der Waals surface area contributed by atoms with Crippen LogP contribution >= 0.6 is 0 Å². The third-order valence-corrected chi connectivity index (χ3v) is 5.66. The smallest absolute Gasteiger partial charge is 0.269 e. The van der Waals surface area contributed by atoms with E-state index in [0.29, 0.717) is 11.5 Å². The molecule has 1 amide bonds. The normalized spacial score (nSPS) is 20.4. The molecule has 9 heteroatoms. The predicted molar refractivity (Wildman–Crippen MR) is 99.0 cm³/mol. The molecule has 1 saturated carbocycles. The van der Waals surface area contributed by atoms with Crippen LogP contribution in [-0.2, 0) is 0 Å². The fourth-order valence-electron chi connectivity index (χ4n) is 4.30. The van der Waals surface area contributed by atoms with Crippen LogP contribution in [0.2, 0.25) is 0 Å². The Balaban J connectivity index is 1.39. The van der Waals surface area contributed by atoms with E-state index in [1.165, 1.54) is 30.3 Å². The van der Waals surface area contributed by atoms with Crippen LogP contribution in [-0.4, -0.2) is 41.9 Å². The summed E-state index contributed by atoms with van der Waals surface area (Å²) in [5, 5.41) is 21.0. The van der Waals surface area contributed by atoms with Crippen molar-refractivity contribution in [2.75, 3.05) is 0 Å². The van der Waals surface area contributed by atoms with E-state index in [1.54, 1.807) is 6.07 Å². The van der Waals surface area contributed by atoms with E-state index >= 15 is 0 Å². The number of nitrogens with one attached hydrogen (secondary N) is 2. The van der Waals surface area contributed by atoms with Gasteiger partial charge in [-0.25, -0.2) is 0 Å². The standard InChI is InChI=1S/C19H21N7O2/c27-18(14-10-17(23-22-14)26-12-20-24-25-26)21-15-11-19(8-4-1-5-9-19)28-16-7-3-2-6-13(15)16/h2-3,6-7,10,12,15H,1,4-5,8-9,11H2,(H,21,27)(H,22,23). The highest BCUT2D eigenvalue weighted by molar-refractivity contribution is 5.93. The summed E-state index contributed by atoms with van der Waals surface area (Å²) in [7, 11) is 0. The number of hydrogen-bond donors (Lipinski definition) is 2. The minimum Gasteiger partial charge on any atom is -0.487 e. The van der Waals surface area contributed by atoms with Crippen LogP contribution in [0, 0.1) is 0 Å². The third-order valence-electron chi connectivity index (χ3n) is 5.66. The van der Waals surface area contributed by atoms with Crippen LogP contribution in [0.4, 0.5) is 0 Å². The molecule has 3 heterocycles. The van der Waals surface area contributed by atoms with Gasteiger partial charge in [0.1, 0.15) is 23.4 Å². The number of nitrogens with zero attached hydrogens (tertiary/aromatic N) is 5. The second-order valence-electron chi connectivity index (χ2n) is 7.51. The Kier molecular flexibility index (Phi) is 4.07. The number of fused-ring (bicyclic) bond motifs is 1. The van der Waals surface area contributed by atoms with Gasteiger partial charge in [-0.3, -0.25) is 9.89 Å². The minimum atomic E-state index is -0.209. The van der Waals surface area contributed by atoms with Crippen LogP contribution in [0.25, 0.3) is 5.82 Å². The molecule has 1 unspecified atom stereocenters. The molecule has 1 aliphatic heterocycles. The summed E-state index contributed by atoms with van der Waals surface area (Å²) < 4.78 is 7.83. The van der Waals surface area contributed by atoms with Gasteiger partial charge in [0, 0.05) is 18.1 Å². The minimum absolute atomic E-state index is 0.102. The molecular weight excluding hydrogens is 358 g/mol. The number of H-pyrrole nitrogens is 1. The van der Waals surface area contributed by atoms with Crippen molar-refractivity contribution < 1.29 is 9.53 Å². The topological polar surface area (TPSA) is 111 Å². The monoisotopic (exact) mass is 379 g/mol. The van der Waals surface area contributed by atoms with Gasteiger partial charge in [0.15, 0.2) is 5.82 Å². The SMILES string of the molecule is O=C(NC1CC2(CCCCC2)Oc2ccccc21)c1cc(-n2cnnn2)n[nH]1. The number of ether oxygens (including phenoxy) is 1. The molecule has 2 aromatic heterocycles. The highest BCUT2D eigenvalue weighted by Gasteiger charge is 2.42. The zero-order valence-electron chi connectivity index (χ0n) is 15.3. The van der Waals surface area contributed by atoms with Gasteiger partial charge in [0.05, 0.1) is 6.04 Å². The first kappa shape index (κ1) is 16.9. The quantitative estimate of drug-likeness (QED) is 0.723. The van der Waals surface area contributed by atoms with Gasteiger partial charge < -0.3 is 10.1 Å². The molecule has 1 fully saturated rings. The first-order valence-electron chi connectivity index (χ1n) is 9.60. The molecule has 0 bridgehead atoms. The average Bonchev–Trinajstić information content (AvgIpc) is 3.40. The Hall–Kier alpha value is -3.23. The molecule has 9 nitrogen and oxygen atoms in total. The molecule has 28 heavy (non-hydrogen) atoms. The predicted octanol–water partition coefficient (Wildman–Crippen LogP) is 2.34. The van der Waals surface area contributed by atoms with Crippen molar-refractivity contribution in [3.63, 3.8) is 0 Å². The Morgan fingerprint density at radius 1 is 1.25 bits per heavy atom. The molecule has 1 atom stereocenters. The lowest BCUT2D eigenvalue weighted by Gasteiger charge is -2.44. The molecule has 0 saturated heterocycles. The second kappa shape index (κ2) is 6.74. The van der Waals surface area contributed by atoms with E-state index in [9.17, 15) is 4.79 Å². The van der Waals surface area contributed by atoms with E-state index in [1.807, 2.05) is 24.3 Å². The molecule has 1 spiro atoms. The van der Waals surface area contributed by atoms with Gasteiger partial charge in [0.2, 0.25) is 0 Å². The van der Waals surface area contributed by atoms with Crippen molar-refractivity contribution in [3.8, 4) is 11.6 Å². The molecule has 2 N–H and O–H groups in total. The number of carbonyl (C=O) groups excluding carboxylic acids is 1. The largest absolute Gasteiger partial charge is 0.487 e. The first-order chi connectivity index (χ1) is 13.7. The number of benzene rings is 1. The fraction of sp³-hybridized carbons (Fsp3) is 0.421. The number of para-hydroxylation sites is 1. The maximum Gasteiger partial charge on any atom is 0.269 e. The van der Waals surface area contributed by atoms with Gasteiger partial charge in [-0.05, 0) is 42.2 Å². The molecular formula is C19H21N7O2. The van der Waals surface area contributed by atoms with Crippen molar-refractivity contribution >= 4 is 5.91 Å². The van der Waals surface area contributed by atoms with Crippen molar-refractivity contribution in [1.29, 1.82) is 0 Å². The molecule has 1 aromatic carbocycles. The van der Waals surface area contributed by atoms with E-state index in [-0.39, 0.29) is 17.6 Å². The van der Waals surface area contributed by atoms with Crippen molar-refractivity contribution in [3.05, 3.63) is 47.9 Å². The van der Waals surface area contributed by atoms with Gasteiger partial charge in [-0.2, -0.15) is 9.78 Å². The number of hydrogen-bond acceptors (Lipinski definition) is 6. The first-order valence-corrected chi connectivity index (χ1v) is 9.60. The Bertz CT molecular complexity index is 976. The number of aromatic amines is 1. The zero-order chi connectivity index (χ0) is 19.0. The Morgan fingerprint density at radius 3 is 2.93 bits per heavy atom. The van der Waals surface area contributed by atoms with Crippen molar-refractivity contribution in [2.45, 2.75) is 50.2 Å². The summed E-state index contributed by atoms with van der Waals surface area (Å²) in [5.74, 6) is 1.13. The summed E-state index contributed by atoms with van der Waals surface area (Å²) in [6, 6.07) is 9.51. The third kappa shape index (κ3) is 3.02. The van der Waals surface area contributed by atoms with Crippen molar-refractivity contribution in [1.82, 2.24) is 35.7 Å². The van der Waals surface area contributed by atoms with Crippen LogP contribution < -0.4 is 10.1 Å². The van der Waals surface area contributed by atoms with E-state index < -0.39 is 0 Å². The molecule has 144 valence electrons. The summed E-state index contributed by atoms with van der Waals surface area (Å²) in [4.78, 5) is 12.9. The van der Waals surface area contributed by atoms with Gasteiger partial charge in [-0.15, -0.1) is 5.10 Å². The molecule has 3 aromatic rings. The Labute approximate surface area is 161 Å². The van der Waals surface area contributed by atoms with Gasteiger partial charge in [0.25, 0.3) is 5.91 Å². The van der Waals surface area contributed by atoms with E-state index in [4.69, 9.17) is 4.74 Å². The lowest BCUT2D eigenvalue weighted by molar-refractivity contribution is -0.00212. The van der Waals surface area contributed by atoms with Crippen LogP contribution in [0.15, 0.2) is 36.7 Å². The number of rotatable bonds is 3. The maximum atomic E-state index is 12.9. The zero-order valence-corrected chi connectivity index (χ0v) is 15.3. The summed E-state index contributed by atoms with van der Waals surface area (Å²) in [6.45, 7) is 0. The van der Waals surface area contributed by atoms with E-state index in [2.05, 4.69) is 31.0 Å². The number of aromatic nitrogens is 6. The second-order valence-corrected chi connectivity index (χ2v) is 7.51. The molecule has 1 aliphatic carbocycles. The van der Waals surface area contributed by atoms with E-state index in [0.717, 1.165) is 30.6 Å². The number of tetrazole rings is 1. The number of carbonyl (C=O) groups is 1. The highest BCUT2D eigenvalue weighted by Crippen LogP contribution is 2.46. The summed E-state index contributed by atoms with van der Waals surface area (Å²) in [6.07, 6.45) is 7.85. The number of amides is 1. The lowest BCUT2D eigenvalue weighted by atomic mass is 9.77. The van der Waals surface area contributed by atoms with Gasteiger partial charge in [-0.1, -0.05) is 24.6 Å². The van der Waals surface area contributed by atoms with Crippen molar-refractivity contribution in [2.24, 2.45) is 0 Å². The average molecular weight is 379 g/mol. The summed E-state index contributed by atoms with van der Waals surface area (Å²) in [5.41, 5.74) is 1.20. The maximum absolute atomic E-state index is 12.9. The summed E-state index contributed by atoms with van der Waals surface area (Å²) >= 11 is 0.